The summed E-state index contributed by atoms with van der Waals surface area (Å²) in [5, 5.41) is 4.23. The predicted molar refractivity (Wildman–Crippen MR) is 128 cm³/mol. The first kappa shape index (κ1) is 20.9. The number of halogens is 1. The highest BCUT2D eigenvalue weighted by molar-refractivity contribution is 9.10. The van der Waals surface area contributed by atoms with Gasteiger partial charge in [-0.25, -0.2) is 18.1 Å². The van der Waals surface area contributed by atoms with Gasteiger partial charge in [0.2, 0.25) is 5.91 Å². The maximum Gasteiger partial charge on any atom is 0.264 e. The van der Waals surface area contributed by atoms with E-state index in [1.807, 2.05) is 48.5 Å². The summed E-state index contributed by atoms with van der Waals surface area (Å²) in [6, 6.07) is 19.7. The molecule has 0 saturated heterocycles. The van der Waals surface area contributed by atoms with E-state index in [4.69, 9.17) is 4.42 Å². The average Bonchev–Trinajstić information content (AvgIpc) is 3.37. The van der Waals surface area contributed by atoms with E-state index in [1.54, 1.807) is 11.4 Å². The summed E-state index contributed by atoms with van der Waals surface area (Å²) in [5.41, 5.74) is 2.54. The summed E-state index contributed by atoms with van der Waals surface area (Å²) >= 11 is 4.82. The largest absolute Gasteiger partial charge is 0.456 e. The average molecular weight is 527 g/mol. The van der Waals surface area contributed by atoms with E-state index in [0.29, 0.717) is 16.9 Å². The molecule has 5 aromatic rings. The fourth-order valence-corrected chi connectivity index (χ4v) is 5.64. The Labute approximate surface area is 196 Å². The Hall–Kier alpha value is -3.01. The number of carbonyl (C=O) groups excluding carboxylic acids is 1. The number of aromatic nitrogens is 1. The molecular formula is C23H15BrN2O4S2. The van der Waals surface area contributed by atoms with Crippen molar-refractivity contribution in [2.75, 3.05) is 0 Å². The third-order valence-corrected chi connectivity index (χ3v) is 7.68. The Morgan fingerprint density at radius 2 is 1.81 bits per heavy atom. The Morgan fingerprint density at radius 3 is 2.66 bits per heavy atom. The molecule has 32 heavy (non-hydrogen) atoms. The van der Waals surface area contributed by atoms with Gasteiger partial charge in [-0.1, -0.05) is 46.3 Å². The van der Waals surface area contributed by atoms with Gasteiger partial charge in [0.25, 0.3) is 10.0 Å². The molecule has 0 aliphatic carbocycles. The molecule has 0 atom stereocenters. The van der Waals surface area contributed by atoms with Gasteiger partial charge >= 0.3 is 0 Å². The summed E-state index contributed by atoms with van der Waals surface area (Å²) < 4.78 is 34.3. The number of benzene rings is 3. The molecule has 2 heterocycles. The molecule has 160 valence electrons. The molecule has 0 saturated carbocycles. The Morgan fingerprint density at radius 1 is 1.00 bits per heavy atom. The molecule has 0 bridgehead atoms. The molecule has 6 nitrogen and oxygen atoms in total. The van der Waals surface area contributed by atoms with Gasteiger partial charge in [-0.05, 0) is 30.3 Å². The lowest BCUT2D eigenvalue weighted by atomic mass is 10.2. The van der Waals surface area contributed by atoms with Crippen LogP contribution in [0.25, 0.3) is 32.5 Å². The highest BCUT2D eigenvalue weighted by Gasteiger charge is 2.20. The van der Waals surface area contributed by atoms with Crippen molar-refractivity contribution in [1.82, 2.24) is 9.71 Å². The van der Waals surface area contributed by atoms with Gasteiger partial charge in [-0.15, -0.1) is 11.3 Å². The second-order valence-corrected chi connectivity index (χ2v) is 10.6. The van der Waals surface area contributed by atoms with Gasteiger partial charge in [0, 0.05) is 32.3 Å². The minimum absolute atomic E-state index is 0.0366. The smallest absolute Gasteiger partial charge is 0.264 e. The van der Waals surface area contributed by atoms with Crippen LogP contribution in [0, 0.1) is 0 Å². The highest BCUT2D eigenvalue weighted by atomic mass is 79.9. The summed E-state index contributed by atoms with van der Waals surface area (Å²) in [4.78, 5) is 16.9. The highest BCUT2D eigenvalue weighted by Crippen LogP contribution is 2.30. The number of furan rings is 1. The SMILES string of the molecule is O=C(Cc1csc(-c2cccc(Br)c2)n1)NS(=O)(=O)c1ccc2c(c1)oc1ccccc12. The molecule has 0 fully saturated rings. The van der Waals surface area contributed by atoms with Crippen LogP contribution in [-0.2, 0) is 21.2 Å². The van der Waals surface area contributed by atoms with Crippen molar-refractivity contribution in [2.24, 2.45) is 0 Å². The minimum Gasteiger partial charge on any atom is -0.456 e. The molecule has 9 heteroatoms. The molecule has 0 unspecified atom stereocenters. The molecule has 2 aromatic heterocycles. The van der Waals surface area contributed by atoms with E-state index >= 15 is 0 Å². The number of hydrogen-bond acceptors (Lipinski definition) is 6. The summed E-state index contributed by atoms with van der Waals surface area (Å²) in [7, 11) is -4.05. The summed E-state index contributed by atoms with van der Waals surface area (Å²) in [5.74, 6) is -0.652. The van der Waals surface area contributed by atoms with Crippen molar-refractivity contribution >= 4 is 65.1 Å². The number of amides is 1. The molecule has 0 aliphatic rings. The standard InChI is InChI=1S/C23H15BrN2O4S2/c24-15-5-3-4-14(10-15)23-25-16(13-31-23)11-22(27)26-32(28,29)17-8-9-19-18-6-1-2-7-20(18)30-21(19)12-17/h1-10,12-13H,11H2,(H,26,27). The van der Waals surface area contributed by atoms with Gasteiger partial charge in [0.15, 0.2) is 0 Å². The first-order valence-electron chi connectivity index (χ1n) is 9.56. The third kappa shape index (κ3) is 4.06. The predicted octanol–water partition coefficient (Wildman–Crippen LogP) is 5.52. The van der Waals surface area contributed by atoms with Crippen molar-refractivity contribution < 1.29 is 17.6 Å². The minimum atomic E-state index is -4.05. The normalized spacial score (nSPS) is 11.8. The summed E-state index contributed by atoms with van der Waals surface area (Å²) in [6.07, 6.45) is -0.142. The van der Waals surface area contributed by atoms with Crippen molar-refractivity contribution in [3.8, 4) is 10.6 Å². The number of para-hydroxylation sites is 1. The molecule has 3 aromatic carbocycles. The second-order valence-electron chi connectivity index (χ2n) is 7.12. The third-order valence-electron chi connectivity index (χ3n) is 4.87. The van der Waals surface area contributed by atoms with Crippen LogP contribution < -0.4 is 4.72 Å². The number of sulfonamides is 1. The zero-order valence-electron chi connectivity index (χ0n) is 16.4. The van der Waals surface area contributed by atoms with Crippen LogP contribution in [0.1, 0.15) is 5.69 Å². The van der Waals surface area contributed by atoms with Crippen molar-refractivity contribution in [1.29, 1.82) is 0 Å². The number of nitrogens with one attached hydrogen (secondary N) is 1. The number of thiazole rings is 1. The van der Waals surface area contributed by atoms with E-state index in [2.05, 4.69) is 25.6 Å². The Bertz CT molecular complexity index is 1590. The van der Waals surface area contributed by atoms with Crippen LogP contribution in [0.5, 0.6) is 0 Å². The van der Waals surface area contributed by atoms with Crippen LogP contribution in [0.2, 0.25) is 0 Å². The molecule has 0 aliphatic heterocycles. The van der Waals surface area contributed by atoms with Crippen molar-refractivity contribution in [3.63, 3.8) is 0 Å². The maximum absolute atomic E-state index is 12.8. The monoisotopic (exact) mass is 526 g/mol. The molecule has 0 radical (unpaired) electrons. The van der Waals surface area contributed by atoms with E-state index in [9.17, 15) is 13.2 Å². The van der Waals surface area contributed by atoms with E-state index in [-0.39, 0.29) is 11.3 Å². The van der Waals surface area contributed by atoms with Crippen molar-refractivity contribution in [3.05, 3.63) is 82.3 Å². The van der Waals surface area contributed by atoms with Crippen LogP contribution in [-0.4, -0.2) is 19.3 Å². The molecule has 1 N–H and O–H groups in total. The first-order chi connectivity index (χ1) is 15.4. The van der Waals surface area contributed by atoms with E-state index in [1.165, 1.54) is 23.5 Å². The topological polar surface area (TPSA) is 89.3 Å². The zero-order chi connectivity index (χ0) is 22.3. The van der Waals surface area contributed by atoms with Gasteiger partial charge in [-0.2, -0.15) is 0 Å². The molecular weight excluding hydrogens is 512 g/mol. The number of nitrogens with zero attached hydrogens (tertiary/aromatic N) is 1. The lowest BCUT2D eigenvalue weighted by molar-refractivity contribution is -0.118. The van der Waals surface area contributed by atoms with Crippen LogP contribution in [0.4, 0.5) is 0 Å². The molecule has 0 spiro atoms. The second kappa shape index (κ2) is 8.16. The number of carbonyl (C=O) groups is 1. The Kier molecular flexibility index (Phi) is 5.32. The Balaban J connectivity index is 1.34. The van der Waals surface area contributed by atoms with Gasteiger partial charge < -0.3 is 4.42 Å². The lowest BCUT2D eigenvalue weighted by Crippen LogP contribution is -2.31. The van der Waals surface area contributed by atoms with Crippen LogP contribution in [0.3, 0.4) is 0 Å². The van der Waals surface area contributed by atoms with Crippen molar-refractivity contribution in [2.45, 2.75) is 11.3 Å². The number of hydrogen-bond donors (Lipinski definition) is 1. The summed E-state index contributed by atoms with van der Waals surface area (Å²) in [6.45, 7) is 0. The fraction of sp³-hybridized carbons (Fsp3) is 0.0435. The zero-order valence-corrected chi connectivity index (χ0v) is 19.6. The lowest BCUT2D eigenvalue weighted by Gasteiger charge is -2.06. The quantitative estimate of drug-likeness (QED) is 0.325. The van der Waals surface area contributed by atoms with Crippen LogP contribution >= 0.6 is 27.3 Å². The van der Waals surface area contributed by atoms with E-state index < -0.39 is 15.9 Å². The number of rotatable bonds is 5. The molecule has 1 amide bonds. The van der Waals surface area contributed by atoms with Crippen LogP contribution in [0.15, 0.2) is 85.9 Å². The first-order valence-corrected chi connectivity index (χ1v) is 12.7. The van der Waals surface area contributed by atoms with Gasteiger partial charge in [0.1, 0.15) is 16.2 Å². The fourth-order valence-electron chi connectivity index (χ4n) is 3.43. The number of fused-ring (bicyclic) bond motifs is 3. The maximum atomic E-state index is 12.8. The van der Waals surface area contributed by atoms with E-state index in [0.717, 1.165) is 25.8 Å². The van der Waals surface area contributed by atoms with Gasteiger partial charge in [-0.3, -0.25) is 4.79 Å². The van der Waals surface area contributed by atoms with Gasteiger partial charge in [0.05, 0.1) is 17.0 Å². The molecule has 5 rings (SSSR count).